The second-order valence-electron chi connectivity index (χ2n) is 19.9. The molecule has 0 unspecified atom stereocenters. The summed E-state index contributed by atoms with van der Waals surface area (Å²) >= 11 is 0. The summed E-state index contributed by atoms with van der Waals surface area (Å²) in [5, 5.41) is 34.5. The average molecular weight is 904 g/mol. The van der Waals surface area contributed by atoms with Crippen molar-refractivity contribution in [3.05, 3.63) is 35.5 Å². The first-order valence-corrected chi connectivity index (χ1v) is 23.2. The zero-order valence-corrected chi connectivity index (χ0v) is 40.1. The molecule has 1 saturated carbocycles. The molecule has 3 N–H and O–H groups in total. The van der Waals surface area contributed by atoms with Crippen molar-refractivity contribution < 1.29 is 67.7 Å². The van der Waals surface area contributed by atoms with E-state index in [1.165, 1.54) is 20.3 Å². The molecule has 4 aliphatic rings. The number of aliphatic hydroxyl groups excluding tert-OH is 2. The molecular formula is C49H77NO14. The molecule has 362 valence electrons. The summed E-state index contributed by atoms with van der Waals surface area (Å²) in [6.07, 6.45) is 4.99. The first-order chi connectivity index (χ1) is 30.0. The van der Waals surface area contributed by atoms with Crippen LogP contribution in [-0.4, -0.2) is 138 Å². The Morgan fingerprint density at radius 2 is 1.56 bits per heavy atom. The molecule has 3 fully saturated rings. The van der Waals surface area contributed by atoms with Crippen LogP contribution in [0, 0.1) is 29.6 Å². The summed E-state index contributed by atoms with van der Waals surface area (Å²) < 4.78 is 35.3. The van der Waals surface area contributed by atoms with Crippen LogP contribution in [0.2, 0.25) is 0 Å². The SMILES string of the molecule is CO[C@H]1C[C@@H](C)C/C(C)=C/[C@@H](C/C=C/C(=O)OC(C)(C)C)C(=O)C[C@H](O)[C@@H](C)[C@@H](/C(C)=C/[C@@H]2CC[C@@H](O)[C@H](OC)C2)OC(=O)[C@@H]2CCCCN2C(=O)C(=O)[C@]2(O)O[C@H]1[C@@H](OC)C[C@H]2C. The Balaban J connectivity index is 1.80. The number of hydrogen-bond donors (Lipinski definition) is 3. The molecule has 0 aromatic heterocycles. The van der Waals surface area contributed by atoms with Gasteiger partial charge in [0.1, 0.15) is 29.6 Å². The van der Waals surface area contributed by atoms with E-state index in [0.717, 1.165) is 10.5 Å². The van der Waals surface area contributed by atoms with Crippen LogP contribution in [0.3, 0.4) is 0 Å². The average Bonchev–Trinajstić information content (AvgIpc) is 3.23. The van der Waals surface area contributed by atoms with Crippen LogP contribution in [-0.2, 0) is 52.4 Å². The van der Waals surface area contributed by atoms with Crippen molar-refractivity contribution >= 4 is 29.4 Å². The van der Waals surface area contributed by atoms with Crippen molar-refractivity contribution in [2.45, 2.75) is 186 Å². The number of carbonyl (C=O) groups is 5. The second-order valence-corrected chi connectivity index (χ2v) is 19.9. The van der Waals surface area contributed by atoms with E-state index < -0.39 is 102 Å². The van der Waals surface area contributed by atoms with E-state index >= 15 is 0 Å². The standard InChI is InChI=1S/C49H77NO14/c1-28-21-29(2)23-40(60-10)44-41(61-11)25-31(4)49(58,64-44)45(55)46(56)50-20-13-12-16-35(50)47(57)62-43(30(3)24-33-18-19-36(51)39(26-33)59-9)32(5)37(52)27-38(53)34(22-28)15-14-17-42(54)63-48(6,7)8/h14,17,22,24,29,31-37,39-41,43-44,51-52,58H,12-13,15-16,18-21,23,25-27H2,1-11H3/b17-14+,28-22+,30-24+/t29-,31+,32+,33-,34+,35-,36+,37-,39+,40-,41-,43+,44+,49+/m0/s1. The third-order valence-corrected chi connectivity index (χ3v) is 13.5. The fraction of sp³-hybridized carbons (Fsp3) is 0.776. The minimum Gasteiger partial charge on any atom is -0.457 e. The second kappa shape index (κ2) is 23.4. The molecule has 15 nitrogen and oxygen atoms in total. The number of ketones is 2. The smallest absolute Gasteiger partial charge is 0.330 e. The highest BCUT2D eigenvalue weighted by molar-refractivity contribution is 6.39. The fourth-order valence-corrected chi connectivity index (χ4v) is 9.89. The molecule has 64 heavy (non-hydrogen) atoms. The number of carbonyl (C=O) groups excluding carboxylic acids is 5. The topological polar surface area (TPSA) is 205 Å². The van der Waals surface area contributed by atoms with E-state index in [2.05, 4.69) is 0 Å². The molecule has 1 aliphatic carbocycles. The number of piperidine rings is 1. The van der Waals surface area contributed by atoms with Gasteiger partial charge in [-0.2, -0.15) is 0 Å². The van der Waals surface area contributed by atoms with Gasteiger partial charge in [-0.3, -0.25) is 14.4 Å². The molecule has 15 heteroatoms. The Morgan fingerprint density at radius 3 is 2.20 bits per heavy atom. The quantitative estimate of drug-likeness (QED) is 0.122. The van der Waals surface area contributed by atoms with E-state index in [1.807, 2.05) is 26.0 Å². The van der Waals surface area contributed by atoms with Crippen molar-refractivity contribution in [1.82, 2.24) is 4.90 Å². The fourth-order valence-electron chi connectivity index (χ4n) is 9.89. The molecule has 2 bridgehead atoms. The van der Waals surface area contributed by atoms with Crippen LogP contribution in [0.5, 0.6) is 0 Å². The predicted octanol–water partition coefficient (Wildman–Crippen LogP) is 5.35. The van der Waals surface area contributed by atoms with Gasteiger partial charge in [0, 0.05) is 58.1 Å². The predicted molar refractivity (Wildman–Crippen MR) is 237 cm³/mol. The third-order valence-electron chi connectivity index (χ3n) is 13.5. The van der Waals surface area contributed by atoms with E-state index in [0.29, 0.717) is 50.5 Å². The van der Waals surface area contributed by atoms with E-state index in [-0.39, 0.29) is 49.8 Å². The van der Waals surface area contributed by atoms with Gasteiger partial charge in [0.15, 0.2) is 0 Å². The molecule has 4 rings (SSSR count). The summed E-state index contributed by atoms with van der Waals surface area (Å²) in [5.74, 6) is -8.98. The molecule has 0 aromatic carbocycles. The summed E-state index contributed by atoms with van der Waals surface area (Å²) in [6.45, 7) is 14.4. The lowest BCUT2D eigenvalue weighted by atomic mass is 9.81. The molecular weight excluding hydrogens is 827 g/mol. The first kappa shape index (κ1) is 53.3. The third kappa shape index (κ3) is 13.9. The molecule has 3 aliphatic heterocycles. The number of aliphatic hydroxyl groups is 3. The van der Waals surface area contributed by atoms with Crippen LogP contribution < -0.4 is 0 Å². The molecule has 2 saturated heterocycles. The number of fused-ring (bicyclic) bond motifs is 3. The lowest BCUT2D eigenvalue weighted by Gasteiger charge is -2.47. The summed E-state index contributed by atoms with van der Waals surface area (Å²) in [7, 11) is 4.56. The zero-order valence-electron chi connectivity index (χ0n) is 40.1. The Bertz CT molecular complexity index is 1720. The molecule has 3 heterocycles. The maximum absolute atomic E-state index is 14.4. The van der Waals surface area contributed by atoms with Crippen molar-refractivity contribution in [1.29, 1.82) is 0 Å². The van der Waals surface area contributed by atoms with Crippen LogP contribution >= 0.6 is 0 Å². The summed E-state index contributed by atoms with van der Waals surface area (Å²) in [4.78, 5) is 71.1. The molecule has 1 amide bonds. The molecule has 14 atom stereocenters. The van der Waals surface area contributed by atoms with Gasteiger partial charge in [-0.05, 0) is 116 Å². The van der Waals surface area contributed by atoms with Gasteiger partial charge in [0.25, 0.3) is 11.7 Å². The summed E-state index contributed by atoms with van der Waals surface area (Å²) in [6, 6.07) is -1.19. The number of ether oxygens (including phenoxy) is 6. The minimum atomic E-state index is -2.55. The maximum atomic E-state index is 14.4. The molecule has 0 spiro atoms. The van der Waals surface area contributed by atoms with Crippen molar-refractivity contribution in [3.63, 3.8) is 0 Å². The Kier molecular flexibility index (Phi) is 19.5. The summed E-state index contributed by atoms with van der Waals surface area (Å²) in [5.41, 5.74) is 0.770. The monoisotopic (exact) mass is 904 g/mol. The van der Waals surface area contributed by atoms with Gasteiger partial charge in [0.05, 0.1) is 30.5 Å². The Labute approximate surface area is 380 Å². The highest BCUT2D eigenvalue weighted by atomic mass is 16.7. The normalized spacial score (nSPS) is 38.2. The van der Waals surface area contributed by atoms with Gasteiger partial charge in [-0.1, -0.05) is 44.6 Å². The maximum Gasteiger partial charge on any atom is 0.330 e. The number of amides is 1. The van der Waals surface area contributed by atoms with Gasteiger partial charge in [-0.15, -0.1) is 0 Å². The van der Waals surface area contributed by atoms with Gasteiger partial charge in [0.2, 0.25) is 5.79 Å². The number of hydrogen-bond acceptors (Lipinski definition) is 14. The number of cyclic esters (lactones) is 1. The van der Waals surface area contributed by atoms with E-state index in [9.17, 15) is 39.3 Å². The molecule has 0 radical (unpaired) electrons. The number of esters is 2. The van der Waals surface area contributed by atoms with Gasteiger partial charge in [-0.25, -0.2) is 9.59 Å². The van der Waals surface area contributed by atoms with Crippen LogP contribution in [0.4, 0.5) is 0 Å². The van der Waals surface area contributed by atoms with Crippen LogP contribution in [0.15, 0.2) is 35.5 Å². The molecule has 0 aromatic rings. The Morgan fingerprint density at radius 1 is 0.906 bits per heavy atom. The van der Waals surface area contributed by atoms with Crippen molar-refractivity contribution in [2.75, 3.05) is 27.9 Å². The van der Waals surface area contributed by atoms with Crippen LogP contribution in [0.25, 0.3) is 0 Å². The van der Waals surface area contributed by atoms with Crippen molar-refractivity contribution in [2.24, 2.45) is 29.6 Å². The highest BCUT2D eigenvalue weighted by Crippen LogP contribution is 2.39. The van der Waals surface area contributed by atoms with E-state index in [1.54, 1.807) is 54.7 Å². The number of Topliss-reactive ketones (excluding diaryl/α,β-unsaturated/α-hetero) is 2. The largest absolute Gasteiger partial charge is 0.457 e. The highest BCUT2D eigenvalue weighted by Gasteiger charge is 2.56. The lowest BCUT2D eigenvalue weighted by Crippen LogP contribution is -2.64. The number of rotatable bonds is 8. The van der Waals surface area contributed by atoms with Gasteiger partial charge < -0.3 is 48.6 Å². The first-order valence-electron chi connectivity index (χ1n) is 23.2. The lowest BCUT2D eigenvalue weighted by molar-refractivity contribution is -0.302. The number of allylic oxidation sites excluding steroid dienone is 4. The van der Waals surface area contributed by atoms with Crippen LogP contribution in [0.1, 0.15) is 126 Å². The van der Waals surface area contributed by atoms with E-state index in [4.69, 9.17) is 28.4 Å². The van der Waals surface area contributed by atoms with Crippen molar-refractivity contribution in [3.8, 4) is 0 Å². The van der Waals surface area contributed by atoms with Gasteiger partial charge >= 0.3 is 11.9 Å². The minimum absolute atomic E-state index is 0.0531. The number of nitrogens with zero attached hydrogens (tertiary/aromatic N) is 1. The Hall–Kier alpha value is -3.31. The zero-order chi connectivity index (χ0) is 47.7. The number of methoxy groups -OCH3 is 3.